The molecular formula is C25H24Cl3N3O4S. The van der Waals surface area contributed by atoms with Crippen molar-refractivity contribution in [2.24, 2.45) is 0 Å². The molecule has 0 radical (unpaired) electrons. The lowest BCUT2D eigenvalue weighted by molar-refractivity contribution is -0.139. The van der Waals surface area contributed by atoms with Crippen molar-refractivity contribution in [3.05, 3.63) is 93.4 Å². The summed E-state index contributed by atoms with van der Waals surface area (Å²) < 4.78 is 28.2. The van der Waals surface area contributed by atoms with Gasteiger partial charge in [0.05, 0.1) is 20.6 Å². The molecule has 0 aliphatic heterocycles. The zero-order valence-electron chi connectivity index (χ0n) is 19.5. The maximum Gasteiger partial charge on any atom is 0.264 e. The lowest BCUT2D eigenvalue weighted by atomic mass is 10.1. The predicted molar refractivity (Wildman–Crippen MR) is 143 cm³/mol. The molecule has 1 atom stereocenters. The largest absolute Gasteiger partial charge is 0.357 e. The van der Waals surface area contributed by atoms with E-state index in [-0.39, 0.29) is 17.1 Å². The maximum absolute atomic E-state index is 13.7. The van der Waals surface area contributed by atoms with Gasteiger partial charge in [-0.1, -0.05) is 65.1 Å². The first kappa shape index (κ1) is 27.8. The van der Waals surface area contributed by atoms with Crippen LogP contribution >= 0.6 is 34.8 Å². The highest BCUT2D eigenvalue weighted by molar-refractivity contribution is 7.92. The fourth-order valence-corrected chi connectivity index (χ4v) is 5.44. The molecule has 3 aromatic carbocycles. The van der Waals surface area contributed by atoms with Crippen LogP contribution in [-0.2, 0) is 26.2 Å². The number of amides is 2. The zero-order valence-corrected chi connectivity index (χ0v) is 22.6. The number of hydrogen-bond donors (Lipinski definition) is 1. The Morgan fingerprint density at radius 3 is 2.22 bits per heavy atom. The minimum Gasteiger partial charge on any atom is -0.357 e. The van der Waals surface area contributed by atoms with Crippen LogP contribution in [0.1, 0.15) is 12.5 Å². The van der Waals surface area contributed by atoms with Gasteiger partial charge in [-0.15, -0.1) is 0 Å². The standard InChI is InChI=1S/C25H24Cl3N3O4S/c1-17(25(33)29-2)30(15-18-11-12-22(27)23(28)13-18)24(32)16-31(20-8-6-7-19(26)14-20)36(34,35)21-9-4-3-5-10-21/h3-14,17H,15-16H2,1-2H3,(H,29,33)/t17-/m0/s1. The Balaban J connectivity index is 2.03. The van der Waals surface area contributed by atoms with E-state index in [4.69, 9.17) is 34.8 Å². The molecule has 0 unspecified atom stereocenters. The van der Waals surface area contributed by atoms with E-state index in [2.05, 4.69) is 5.32 Å². The van der Waals surface area contributed by atoms with E-state index in [9.17, 15) is 18.0 Å². The number of halogens is 3. The highest BCUT2D eigenvalue weighted by Crippen LogP contribution is 2.27. The molecule has 0 spiro atoms. The number of hydrogen-bond acceptors (Lipinski definition) is 4. The van der Waals surface area contributed by atoms with Crippen LogP contribution in [0.25, 0.3) is 0 Å². The van der Waals surface area contributed by atoms with E-state index < -0.39 is 34.4 Å². The van der Waals surface area contributed by atoms with Gasteiger partial charge in [0.25, 0.3) is 10.0 Å². The van der Waals surface area contributed by atoms with Gasteiger partial charge in [0.15, 0.2) is 0 Å². The Morgan fingerprint density at radius 2 is 1.61 bits per heavy atom. The lowest BCUT2D eigenvalue weighted by Gasteiger charge is -2.31. The number of anilines is 1. The SMILES string of the molecule is CNC(=O)[C@H](C)N(Cc1ccc(Cl)c(Cl)c1)C(=O)CN(c1cccc(Cl)c1)S(=O)(=O)c1ccccc1. The summed E-state index contributed by atoms with van der Waals surface area (Å²) in [6.45, 7) is 0.989. The number of carbonyl (C=O) groups is 2. The summed E-state index contributed by atoms with van der Waals surface area (Å²) in [5.74, 6) is -1.01. The van der Waals surface area contributed by atoms with Crippen molar-refractivity contribution in [1.82, 2.24) is 10.2 Å². The molecule has 0 saturated carbocycles. The molecule has 2 amide bonds. The maximum atomic E-state index is 13.7. The highest BCUT2D eigenvalue weighted by Gasteiger charge is 2.32. The van der Waals surface area contributed by atoms with Crippen LogP contribution in [-0.4, -0.2) is 44.8 Å². The second kappa shape index (κ2) is 12.0. The predicted octanol–water partition coefficient (Wildman–Crippen LogP) is 5.01. The van der Waals surface area contributed by atoms with E-state index in [0.717, 1.165) is 4.31 Å². The molecule has 1 N–H and O–H groups in total. The molecule has 0 aliphatic carbocycles. The third-order valence-corrected chi connectivity index (χ3v) is 8.22. The monoisotopic (exact) mass is 567 g/mol. The molecule has 0 aliphatic rings. The van der Waals surface area contributed by atoms with Gasteiger partial charge in [-0.3, -0.25) is 13.9 Å². The van der Waals surface area contributed by atoms with Gasteiger partial charge in [-0.05, 0) is 55.0 Å². The van der Waals surface area contributed by atoms with Crippen LogP contribution in [0, 0.1) is 0 Å². The average molecular weight is 569 g/mol. The van der Waals surface area contributed by atoms with Crippen molar-refractivity contribution in [1.29, 1.82) is 0 Å². The van der Waals surface area contributed by atoms with Crippen molar-refractivity contribution in [3.63, 3.8) is 0 Å². The first-order chi connectivity index (χ1) is 17.0. The van der Waals surface area contributed by atoms with Gasteiger partial charge in [0.1, 0.15) is 12.6 Å². The second-order valence-electron chi connectivity index (χ2n) is 7.86. The number of carbonyl (C=O) groups excluding carboxylic acids is 2. The lowest BCUT2D eigenvalue weighted by Crippen LogP contribution is -2.50. The molecule has 190 valence electrons. The fraction of sp³-hybridized carbons (Fsp3) is 0.200. The number of nitrogens with one attached hydrogen (secondary N) is 1. The molecule has 0 aromatic heterocycles. The summed E-state index contributed by atoms with van der Waals surface area (Å²) >= 11 is 18.3. The Kier molecular flexibility index (Phi) is 9.24. The molecule has 3 aromatic rings. The molecule has 11 heteroatoms. The van der Waals surface area contributed by atoms with Crippen molar-refractivity contribution >= 4 is 62.3 Å². The summed E-state index contributed by atoms with van der Waals surface area (Å²) in [4.78, 5) is 27.4. The number of benzene rings is 3. The van der Waals surface area contributed by atoms with Gasteiger partial charge in [0.2, 0.25) is 11.8 Å². The Morgan fingerprint density at radius 1 is 0.917 bits per heavy atom. The smallest absolute Gasteiger partial charge is 0.264 e. The second-order valence-corrected chi connectivity index (χ2v) is 11.0. The summed E-state index contributed by atoms with van der Waals surface area (Å²) in [5.41, 5.74) is 0.829. The Labute approximate surface area is 225 Å². The van der Waals surface area contributed by atoms with Crippen molar-refractivity contribution in [3.8, 4) is 0 Å². The van der Waals surface area contributed by atoms with Crippen molar-refractivity contribution < 1.29 is 18.0 Å². The third kappa shape index (κ3) is 6.50. The minimum atomic E-state index is -4.15. The zero-order chi connectivity index (χ0) is 26.5. The van der Waals surface area contributed by atoms with E-state index in [0.29, 0.717) is 20.6 Å². The Hall–Kier alpha value is -2.78. The van der Waals surface area contributed by atoms with Crippen molar-refractivity contribution in [2.45, 2.75) is 24.4 Å². The number of sulfonamides is 1. The van der Waals surface area contributed by atoms with Crippen LogP contribution < -0.4 is 9.62 Å². The van der Waals surface area contributed by atoms with Crippen LogP contribution in [0.3, 0.4) is 0 Å². The highest BCUT2D eigenvalue weighted by atomic mass is 35.5. The van der Waals surface area contributed by atoms with Gasteiger partial charge in [-0.25, -0.2) is 8.42 Å². The van der Waals surface area contributed by atoms with Crippen LogP contribution in [0.2, 0.25) is 15.1 Å². The molecule has 0 saturated heterocycles. The van der Waals surface area contributed by atoms with Gasteiger partial charge in [-0.2, -0.15) is 0 Å². The van der Waals surface area contributed by atoms with Gasteiger partial charge < -0.3 is 10.2 Å². The topological polar surface area (TPSA) is 86.8 Å². The Bertz CT molecular complexity index is 1350. The molecule has 0 bridgehead atoms. The number of nitrogens with zero attached hydrogens (tertiary/aromatic N) is 2. The molecule has 3 rings (SSSR count). The first-order valence-corrected chi connectivity index (χ1v) is 13.4. The quantitative estimate of drug-likeness (QED) is 0.393. The van der Waals surface area contributed by atoms with Crippen molar-refractivity contribution in [2.75, 3.05) is 17.9 Å². The summed E-state index contributed by atoms with van der Waals surface area (Å²) in [7, 11) is -2.69. The first-order valence-electron chi connectivity index (χ1n) is 10.8. The summed E-state index contributed by atoms with van der Waals surface area (Å²) in [6.07, 6.45) is 0. The summed E-state index contributed by atoms with van der Waals surface area (Å²) in [5, 5.41) is 3.47. The fourth-order valence-electron chi connectivity index (χ4n) is 3.51. The normalized spacial score (nSPS) is 12.0. The van der Waals surface area contributed by atoms with E-state index in [1.807, 2.05) is 0 Å². The van der Waals surface area contributed by atoms with E-state index >= 15 is 0 Å². The molecule has 7 nitrogen and oxygen atoms in total. The number of likely N-dealkylation sites (N-methyl/N-ethyl adjacent to an activating group) is 1. The van der Waals surface area contributed by atoms with E-state index in [1.54, 1.807) is 61.5 Å². The minimum absolute atomic E-state index is 0.000913. The molecule has 36 heavy (non-hydrogen) atoms. The average Bonchev–Trinajstić information content (AvgIpc) is 2.87. The third-order valence-electron chi connectivity index (χ3n) is 5.46. The molecular weight excluding hydrogens is 545 g/mol. The van der Waals surface area contributed by atoms with Gasteiger partial charge in [0, 0.05) is 18.6 Å². The van der Waals surface area contributed by atoms with Crippen LogP contribution in [0.15, 0.2) is 77.7 Å². The molecule has 0 fully saturated rings. The van der Waals surface area contributed by atoms with E-state index in [1.165, 1.54) is 30.1 Å². The van der Waals surface area contributed by atoms with Gasteiger partial charge >= 0.3 is 0 Å². The number of rotatable bonds is 9. The summed E-state index contributed by atoms with van der Waals surface area (Å²) in [6, 6.07) is 17.9. The van der Waals surface area contributed by atoms with Crippen LogP contribution in [0.4, 0.5) is 5.69 Å². The van der Waals surface area contributed by atoms with Crippen LogP contribution in [0.5, 0.6) is 0 Å². The molecule has 0 heterocycles.